The van der Waals surface area contributed by atoms with Crippen LogP contribution in [0.1, 0.15) is 19.1 Å². The van der Waals surface area contributed by atoms with Gasteiger partial charge in [-0.3, -0.25) is 13.7 Å². The van der Waals surface area contributed by atoms with Gasteiger partial charge in [-0.2, -0.15) is 9.29 Å². The van der Waals surface area contributed by atoms with Crippen molar-refractivity contribution < 1.29 is 51.2 Å². The number of anilines is 1. The summed E-state index contributed by atoms with van der Waals surface area (Å²) in [7, 11) is -16.6. The monoisotopic (exact) mass is 450 g/mol. The fourth-order valence-electron chi connectivity index (χ4n) is 2.14. The summed E-state index contributed by atoms with van der Waals surface area (Å²) in [5.74, 6) is 0.0219. The van der Waals surface area contributed by atoms with Crippen LogP contribution in [0.5, 0.6) is 0 Å². The third kappa shape index (κ3) is 7.18. The minimum Gasteiger partial charge on any atom is -0.756 e. The van der Waals surface area contributed by atoms with Crippen molar-refractivity contribution in [1.82, 2.24) is 9.55 Å². The molecule has 3 unspecified atom stereocenters. The number of nitrogens with zero attached hydrogens (tertiary/aromatic N) is 2. The molecule has 5 atom stereocenters. The van der Waals surface area contributed by atoms with E-state index in [1.165, 1.54) is 12.3 Å². The lowest BCUT2D eigenvalue weighted by molar-refractivity contribution is -0.212. The van der Waals surface area contributed by atoms with Gasteiger partial charge in [-0.25, -0.2) is 18.2 Å². The maximum Gasteiger partial charge on any atom is 0.487 e. The fourth-order valence-corrected chi connectivity index (χ4v) is 5.15. The van der Waals surface area contributed by atoms with Crippen molar-refractivity contribution in [3.8, 4) is 0 Å². The SMILES string of the molecule is Nc1ccn([C@@H]2CC[C@H](COP(=O)(O)OP(=O)(O)OP(=O)([O-])O)O2)c(=O)n1. The second-order valence-corrected chi connectivity index (χ2v) is 9.57. The highest BCUT2D eigenvalue weighted by atomic mass is 31.3. The summed E-state index contributed by atoms with van der Waals surface area (Å²) in [6.07, 6.45) is 0.411. The predicted octanol–water partition coefficient (Wildman–Crippen LogP) is -0.786. The van der Waals surface area contributed by atoms with Crippen LogP contribution in [0.2, 0.25) is 0 Å². The Labute approximate surface area is 151 Å². The van der Waals surface area contributed by atoms with Crippen LogP contribution in [-0.4, -0.2) is 36.9 Å². The third-order valence-corrected chi connectivity index (χ3v) is 6.86. The van der Waals surface area contributed by atoms with Crippen molar-refractivity contribution in [1.29, 1.82) is 0 Å². The molecule has 0 saturated carbocycles. The molecule has 1 aromatic heterocycles. The number of rotatable bonds is 8. The Balaban J connectivity index is 1.91. The van der Waals surface area contributed by atoms with E-state index in [0.717, 1.165) is 4.57 Å². The molecule has 15 nitrogen and oxygen atoms in total. The summed E-state index contributed by atoms with van der Waals surface area (Å²) >= 11 is 0. The highest BCUT2D eigenvalue weighted by Gasteiger charge is 2.39. The maximum absolute atomic E-state index is 11.7. The van der Waals surface area contributed by atoms with Gasteiger partial charge >= 0.3 is 21.3 Å². The molecular weight excluding hydrogens is 435 g/mol. The molecule has 1 fully saturated rings. The summed E-state index contributed by atoms with van der Waals surface area (Å²) in [4.78, 5) is 52.3. The predicted molar refractivity (Wildman–Crippen MR) is 83.7 cm³/mol. The second-order valence-electron chi connectivity index (χ2n) is 5.20. The Kier molecular flexibility index (Phi) is 6.78. The lowest BCUT2D eigenvalue weighted by atomic mass is 10.2. The third-order valence-electron chi connectivity index (χ3n) is 3.08. The highest BCUT2D eigenvalue weighted by molar-refractivity contribution is 7.66. The Morgan fingerprint density at radius 1 is 1.26 bits per heavy atom. The molecule has 1 aliphatic heterocycles. The normalized spacial score (nSPS) is 26.8. The number of nitrogen functional groups attached to an aromatic ring is 1. The van der Waals surface area contributed by atoms with Gasteiger partial charge in [0.25, 0.3) is 7.82 Å². The van der Waals surface area contributed by atoms with Gasteiger partial charge in [0.15, 0.2) is 0 Å². The Morgan fingerprint density at radius 2 is 1.93 bits per heavy atom. The smallest absolute Gasteiger partial charge is 0.487 e. The average Bonchev–Trinajstić information content (AvgIpc) is 2.90. The van der Waals surface area contributed by atoms with Gasteiger partial charge in [-0.05, 0) is 18.9 Å². The van der Waals surface area contributed by atoms with Gasteiger partial charge in [-0.15, -0.1) is 0 Å². The molecule has 0 aliphatic carbocycles. The van der Waals surface area contributed by atoms with Gasteiger partial charge in [0.05, 0.1) is 12.7 Å². The van der Waals surface area contributed by atoms with E-state index < -0.39 is 48.1 Å². The van der Waals surface area contributed by atoms with Crippen molar-refractivity contribution in [3.63, 3.8) is 0 Å². The van der Waals surface area contributed by atoms with E-state index in [0.29, 0.717) is 6.42 Å². The summed E-state index contributed by atoms with van der Waals surface area (Å²) in [5.41, 5.74) is 4.71. The first-order chi connectivity index (χ1) is 12.3. The van der Waals surface area contributed by atoms with Crippen LogP contribution >= 0.6 is 23.5 Å². The van der Waals surface area contributed by atoms with Crippen molar-refractivity contribution in [2.24, 2.45) is 0 Å². The Morgan fingerprint density at radius 3 is 2.52 bits per heavy atom. The first kappa shape index (κ1) is 22.3. The number of aromatic nitrogens is 2. The lowest BCUT2D eigenvalue weighted by Gasteiger charge is -2.21. The Hall–Kier alpha value is -0.950. The lowest BCUT2D eigenvalue weighted by Crippen LogP contribution is -2.27. The van der Waals surface area contributed by atoms with Crippen LogP contribution in [0.3, 0.4) is 0 Å². The van der Waals surface area contributed by atoms with Gasteiger partial charge in [0.2, 0.25) is 0 Å². The first-order valence-corrected chi connectivity index (χ1v) is 11.5. The van der Waals surface area contributed by atoms with Crippen LogP contribution in [0, 0.1) is 0 Å². The van der Waals surface area contributed by atoms with Crippen molar-refractivity contribution in [3.05, 3.63) is 22.7 Å². The molecule has 18 heteroatoms. The highest BCUT2D eigenvalue weighted by Crippen LogP contribution is 2.65. The van der Waals surface area contributed by atoms with E-state index in [-0.39, 0.29) is 12.2 Å². The summed E-state index contributed by atoms with van der Waals surface area (Å²) in [6, 6.07) is 1.37. The van der Waals surface area contributed by atoms with Gasteiger partial charge in [0, 0.05) is 6.20 Å². The molecule has 0 amide bonds. The quantitative estimate of drug-likeness (QED) is 0.356. The molecule has 5 N–H and O–H groups in total. The largest absolute Gasteiger partial charge is 0.756 e. The van der Waals surface area contributed by atoms with E-state index in [1.54, 1.807) is 0 Å². The maximum atomic E-state index is 11.7. The summed E-state index contributed by atoms with van der Waals surface area (Å²) < 4.78 is 51.3. The van der Waals surface area contributed by atoms with Crippen molar-refractivity contribution in [2.75, 3.05) is 12.3 Å². The molecule has 0 radical (unpaired) electrons. The van der Waals surface area contributed by atoms with Crippen LogP contribution in [0.15, 0.2) is 17.1 Å². The molecular formula is C9H15N3O12P3-. The van der Waals surface area contributed by atoms with Crippen LogP contribution < -0.4 is 16.3 Å². The first-order valence-electron chi connectivity index (χ1n) is 7.03. The minimum atomic E-state index is -5.71. The number of phosphoric ester groups is 1. The molecule has 1 saturated heterocycles. The molecule has 0 spiro atoms. The Bertz CT molecular complexity index is 882. The topological polar surface area (TPSA) is 233 Å². The molecule has 154 valence electrons. The van der Waals surface area contributed by atoms with Crippen LogP contribution in [0.4, 0.5) is 5.82 Å². The summed E-state index contributed by atoms with van der Waals surface area (Å²) in [6.45, 7) is -0.602. The summed E-state index contributed by atoms with van der Waals surface area (Å²) in [5, 5.41) is 0. The van der Waals surface area contributed by atoms with Gasteiger partial charge in [0.1, 0.15) is 12.0 Å². The van der Waals surface area contributed by atoms with E-state index >= 15 is 0 Å². The number of nitrogens with two attached hydrogens (primary N) is 1. The number of hydrogen-bond donors (Lipinski definition) is 4. The molecule has 1 aromatic rings. The molecule has 1 aliphatic rings. The number of ether oxygens (including phenoxy) is 1. The van der Waals surface area contributed by atoms with E-state index in [9.17, 15) is 28.3 Å². The zero-order valence-corrected chi connectivity index (χ0v) is 15.9. The van der Waals surface area contributed by atoms with E-state index in [1.807, 2.05) is 0 Å². The molecule has 27 heavy (non-hydrogen) atoms. The molecule has 2 rings (SSSR count). The second kappa shape index (κ2) is 8.19. The van der Waals surface area contributed by atoms with E-state index in [4.69, 9.17) is 20.3 Å². The fraction of sp³-hybridized carbons (Fsp3) is 0.556. The molecule has 2 heterocycles. The molecule has 0 bridgehead atoms. The standard InChI is InChI=1S/C9H16N3O12P3/c10-7-3-4-12(9(13)11-7)8-2-1-6(22-8)5-21-26(17,18)24-27(19,20)23-25(14,15)16/h3-4,6,8H,1-2,5H2,(H,17,18)(H,19,20)(H2,10,11,13)(H2,14,15,16)/p-1/t6-,8+/m1/s1. The minimum absolute atomic E-state index is 0.0219. The number of hydrogen-bond acceptors (Lipinski definition) is 11. The van der Waals surface area contributed by atoms with E-state index in [2.05, 4.69) is 18.1 Å². The van der Waals surface area contributed by atoms with Crippen molar-refractivity contribution in [2.45, 2.75) is 25.2 Å². The van der Waals surface area contributed by atoms with Gasteiger partial charge < -0.3 is 30.0 Å². The molecule has 0 aromatic carbocycles. The number of phosphoric acid groups is 3. The van der Waals surface area contributed by atoms with Crippen LogP contribution in [0.25, 0.3) is 0 Å². The zero-order chi connectivity index (χ0) is 20.5. The average molecular weight is 450 g/mol. The van der Waals surface area contributed by atoms with Crippen molar-refractivity contribution >= 4 is 29.3 Å². The van der Waals surface area contributed by atoms with Gasteiger partial charge in [-0.1, -0.05) is 0 Å². The zero-order valence-electron chi connectivity index (χ0n) is 13.3. The van der Waals surface area contributed by atoms with Crippen LogP contribution in [-0.2, 0) is 31.6 Å².